The van der Waals surface area contributed by atoms with Gasteiger partial charge >= 0.3 is 5.97 Å². The average molecular weight is 274 g/mol. The number of nitrogens with zero attached hydrogens (tertiary/aromatic N) is 1. The summed E-state index contributed by atoms with van der Waals surface area (Å²) in [6, 6.07) is 7.25. The molecule has 2 rings (SSSR count). The molecule has 0 atom stereocenters. The fourth-order valence-electron chi connectivity index (χ4n) is 1.93. The molecule has 0 unspecified atom stereocenters. The molecule has 0 radical (unpaired) electrons. The van der Waals surface area contributed by atoms with Crippen molar-refractivity contribution >= 4 is 5.97 Å². The van der Waals surface area contributed by atoms with Crippen molar-refractivity contribution in [1.82, 2.24) is 10.2 Å². The van der Waals surface area contributed by atoms with E-state index in [-0.39, 0.29) is 11.2 Å². The van der Waals surface area contributed by atoms with E-state index < -0.39 is 5.97 Å². The lowest BCUT2D eigenvalue weighted by Crippen LogP contribution is -2.22. The van der Waals surface area contributed by atoms with Gasteiger partial charge in [0.2, 0.25) is 0 Å². The Morgan fingerprint density at radius 3 is 2.35 bits per heavy atom. The predicted molar refractivity (Wildman–Crippen MR) is 76.1 cm³/mol. The Morgan fingerprint density at radius 1 is 1.25 bits per heavy atom. The second-order valence-electron chi connectivity index (χ2n) is 5.62. The molecule has 0 fully saturated rings. The van der Waals surface area contributed by atoms with Crippen LogP contribution in [0.3, 0.4) is 0 Å². The van der Waals surface area contributed by atoms with E-state index in [1.54, 1.807) is 6.92 Å². The fourth-order valence-corrected chi connectivity index (χ4v) is 1.93. The van der Waals surface area contributed by atoms with Crippen LogP contribution in [0.1, 0.15) is 36.8 Å². The second kappa shape index (κ2) is 5.00. The van der Waals surface area contributed by atoms with Crippen LogP contribution in [0.2, 0.25) is 0 Å². The van der Waals surface area contributed by atoms with E-state index >= 15 is 0 Å². The zero-order valence-electron chi connectivity index (χ0n) is 12.0. The fraction of sp³-hybridized carbons (Fsp3) is 0.333. The first-order valence-corrected chi connectivity index (χ1v) is 6.35. The summed E-state index contributed by atoms with van der Waals surface area (Å²) in [5.74, 6) is -0.244. The number of hydrogen-bond acceptors (Lipinski definition) is 3. The van der Waals surface area contributed by atoms with E-state index in [1.165, 1.54) is 0 Å². The standard InChI is InChI=1S/C15H18N2O3/c1-9-12(14(18)19)13(17-16-9)10-5-7-11(8-6-10)20-15(2,3)4/h5-8H,1-4H3,(H,16,17)(H,18,19). The van der Waals surface area contributed by atoms with Crippen molar-refractivity contribution in [3.05, 3.63) is 35.5 Å². The van der Waals surface area contributed by atoms with Crippen molar-refractivity contribution in [2.75, 3.05) is 0 Å². The van der Waals surface area contributed by atoms with E-state index in [0.717, 1.165) is 11.3 Å². The Balaban J connectivity index is 2.34. The number of carboxylic acid groups (broad SMARTS) is 1. The summed E-state index contributed by atoms with van der Waals surface area (Å²) < 4.78 is 5.73. The highest BCUT2D eigenvalue weighted by molar-refractivity contribution is 5.96. The molecule has 2 aromatic rings. The van der Waals surface area contributed by atoms with Crippen LogP contribution in [-0.2, 0) is 0 Å². The minimum Gasteiger partial charge on any atom is -0.488 e. The zero-order valence-corrected chi connectivity index (χ0v) is 12.0. The molecule has 0 bridgehead atoms. The number of aromatic amines is 1. The number of aromatic carboxylic acids is 1. The van der Waals surface area contributed by atoms with E-state index in [2.05, 4.69) is 10.2 Å². The number of nitrogens with one attached hydrogen (secondary N) is 1. The van der Waals surface area contributed by atoms with Gasteiger partial charge in [-0.3, -0.25) is 5.10 Å². The molecule has 0 aliphatic heterocycles. The molecular weight excluding hydrogens is 256 g/mol. The number of aromatic nitrogens is 2. The number of aryl methyl sites for hydroxylation is 1. The van der Waals surface area contributed by atoms with Crippen molar-refractivity contribution in [2.45, 2.75) is 33.3 Å². The summed E-state index contributed by atoms with van der Waals surface area (Å²) >= 11 is 0. The van der Waals surface area contributed by atoms with Gasteiger partial charge in [0.05, 0.1) is 0 Å². The smallest absolute Gasteiger partial charge is 0.339 e. The van der Waals surface area contributed by atoms with Crippen LogP contribution in [0.25, 0.3) is 11.3 Å². The van der Waals surface area contributed by atoms with Crippen LogP contribution in [0.4, 0.5) is 0 Å². The zero-order chi connectivity index (χ0) is 14.9. The molecule has 2 N–H and O–H groups in total. The van der Waals surface area contributed by atoms with Gasteiger partial charge in [-0.15, -0.1) is 0 Å². The molecule has 1 heterocycles. The third-order valence-electron chi connectivity index (χ3n) is 2.71. The highest BCUT2D eigenvalue weighted by Gasteiger charge is 2.19. The van der Waals surface area contributed by atoms with Crippen LogP contribution in [-0.4, -0.2) is 26.9 Å². The van der Waals surface area contributed by atoms with Gasteiger partial charge in [0.25, 0.3) is 0 Å². The minimum absolute atomic E-state index is 0.203. The first kappa shape index (κ1) is 14.1. The third-order valence-corrected chi connectivity index (χ3v) is 2.71. The Hall–Kier alpha value is -2.30. The summed E-state index contributed by atoms with van der Waals surface area (Å²) in [6.07, 6.45) is 0. The lowest BCUT2D eigenvalue weighted by atomic mass is 10.1. The van der Waals surface area contributed by atoms with Crippen molar-refractivity contribution in [1.29, 1.82) is 0 Å². The highest BCUT2D eigenvalue weighted by atomic mass is 16.5. The Labute approximate surface area is 117 Å². The molecule has 5 nitrogen and oxygen atoms in total. The van der Waals surface area contributed by atoms with Crippen LogP contribution in [0.15, 0.2) is 24.3 Å². The van der Waals surface area contributed by atoms with Gasteiger partial charge in [0.1, 0.15) is 22.6 Å². The lowest BCUT2D eigenvalue weighted by Gasteiger charge is -2.21. The number of hydrogen-bond donors (Lipinski definition) is 2. The summed E-state index contributed by atoms with van der Waals surface area (Å²) in [5.41, 5.74) is 1.67. The van der Waals surface area contributed by atoms with Gasteiger partial charge in [-0.1, -0.05) is 0 Å². The van der Waals surface area contributed by atoms with Gasteiger partial charge in [-0.05, 0) is 52.0 Å². The Morgan fingerprint density at radius 2 is 1.85 bits per heavy atom. The first-order valence-electron chi connectivity index (χ1n) is 6.35. The number of rotatable bonds is 3. The Bertz CT molecular complexity index is 622. The molecule has 0 saturated carbocycles. The van der Waals surface area contributed by atoms with E-state index in [9.17, 15) is 9.90 Å². The highest BCUT2D eigenvalue weighted by Crippen LogP contribution is 2.26. The van der Waals surface area contributed by atoms with Crippen molar-refractivity contribution in [3.8, 4) is 17.0 Å². The van der Waals surface area contributed by atoms with Gasteiger partial charge in [-0.25, -0.2) is 4.79 Å². The molecule has 106 valence electrons. The minimum atomic E-state index is -0.985. The molecule has 5 heteroatoms. The van der Waals surface area contributed by atoms with Gasteiger partial charge in [0, 0.05) is 11.3 Å². The number of H-pyrrole nitrogens is 1. The van der Waals surface area contributed by atoms with E-state index in [4.69, 9.17) is 4.74 Å². The van der Waals surface area contributed by atoms with Crippen molar-refractivity contribution in [2.24, 2.45) is 0 Å². The molecule has 0 amide bonds. The summed E-state index contributed by atoms with van der Waals surface area (Å²) in [7, 11) is 0. The maximum Gasteiger partial charge on any atom is 0.339 e. The molecule has 0 spiro atoms. The summed E-state index contributed by atoms with van der Waals surface area (Å²) in [4.78, 5) is 11.2. The third kappa shape index (κ3) is 2.99. The van der Waals surface area contributed by atoms with Crippen LogP contribution >= 0.6 is 0 Å². The molecule has 0 aliphatic carbocycles. The molecular formula is C15H18N2O3. The first-order chi connectivity index (χ1) is 9.28. The maximum absolute atomic E-state index is 11.2. The van der Waals surface area contributed by atoms with Gasteiger partial charge in [0.15, 0.2) is 0 Å². The topological polar surface area (TPSA) is 75.2 Å². The largest absolute Gasteiger partial charge is 0.488 e. The molecule has 1 aromatic carbocycles. The summed E-state index contributed by atoms with van der Waals surface area (Å²) in [5, 5.41) is 16.0. The predicted octanol–water partition coefficient (Wildman–Crippen LogP) is 3.26. The monoisotopic (exact) mass is 274 g/mol. The molecule has 0 aliphatic rings. The van der Waals surface area contributed by atoms with Gasteiger partial charge < -0.3 is 9.84 Å². The second-order valence-corrected chi connectivity index (χ2v) is 5.62. The van der Waals surface area contributed by atoms with Gasteiger partial charge in [-0.2, -0.15) is 5.10 Å². The van der Waals surface area contributed by atoms with Crippen LogP contribution in [0, 0.1) is 6.92 Å². The molecule has 0 saturated heterocycles. The Kier molecular flexibility index (Phi) is 3.53. The number of ether oxygens (including phenoxy) is 1. The van der Waals surface area contributed by atoms with E-state index in [1.807, 2.05) is 45.0 Å². The average Bonchev–Trinajstić information content (AvgIpc) is 2.70. The lowest BCUT2D eigenvalue weighted by molar-refractivity contribution is 0.0697. The number of benzene rings is 1. The number of carboxylic acids is 1. The molecule has 20 heavy (non-hydrogen) atoms. The van der Waals surface area contributed by atoms with Crippen molar-refractivity contribution < 1.29 is 14.6 Å². The van der Waals surface area contributed by atoms with Crippen molar-refractivity contribution in [3.63, 3.8) is 0 Å². The normalized spacial score (nSPS) is 11.4. The SMILES string of the molecule is Cc1[nH]nc(-c2ccc(OC(C)(C)C)cc2)c1C(=O)O. The quantitative estimate of drug-likeness (QED) is 0.900. The summed E-state index contributed by atoms with van der Waals surface area (Å²) in [6.45, 7) is 7.61. The number of carbonyl (C=O) groups is 1. The van der Waals surface area contributed by atoms with Crippen LogP contribution in [0.5, 0.6) is 5.75 Å². The van der Waals surface area contributed by atoms with E-state index in [0.29, 0.717) is 11.4 Å². The molecule has 1 aromatic heterocycles. The maximum atomic E-state index is 11.2. The van der Waals surface area contributed by atoms with Crippen LogP contribution < -0.4 is 4.74 Å².